The van der Waals surface area contributed by atoms with Gasteiger partial charge in [-0.05, 0) is 29.7 Å². The van der Waals surface area contributed by atoms with Crippen LogP contribution < -0.4 is 0 Å². The smallest absolute Gasteiger partial charge is 0.313 e. The van der Waals surface area contributed by atoms with Crippen molar-refractivity contribution in [3.8, 4) is 0 Å². The van der Waals surface area contributed by atoms with Gasteiger partial charge in [0.1, 0.15) is 0 Å². The van der Waals surface area contributed by atoms with Crippen molar-refractivity contribution in [2.24, 2.45) is 0 Å². The number of methoxy groups -OCH3 is 1. The van der Waals surface area contributed by atoms with Gasteiger partial charge in [-0.15, -0.1) is 0 Å². The van der Waals surface area contributed by atoms with Gasteiger partial charge in [0.25, 0.3) is 0 Å². The number of halogens is 2. The Morgan fingerprint density at radius 1 is 1.09 bits per heavy atom. The maximum atomic E-state index is 12.0. The summed E-state index contributed by atoms with van der Waals surface area (Å²) in [6.07, 6.45) is 4.29. The van der Waals surface area contributed by atoms with Gasteiger partial charge in [-0.1, -0.05) is 71.8 Å². The normalized spacial score (nSPS) is 12.3. The van der Waals surface area contributed by atoms with Crippen molar-refractivity contribution in [1.29, 1.82) is 0 Å². The lowest BCUT2D eigenvalue weighted by molar-refractivity contribution is -0.142. The summed E-state index contributed by atoms with van der Waals surface area (Å²) in [5, 5.41) is 1.23. The zero-order chi connectivity index (χ0) is 15.9. The van der Waals surface area contributed by atoms with Crippen molar-refractivity contribution in [3.63, 3.8) is 0 Å². The summed E-state index contributed by atoms with van der Waals surface area (Å²) in [6.45, 7) is 0. The molecule has 0 heterocycles. The number of allylic oxidation sites excluding steroid dienone is 1. The van der Waals surface area contributed by atoms with Gasteiger partial charge in [-0.3, -0.25) is 4.79 Å². The highest BCUT2D eigenvalue weighted by molar-refractivity contribution is 6.32. The molecule has 114 valence electrons. The van der Waals surface area contributed by atoms with Crippen molar-refractivity contribution in [3.05, 3.63) is 75.8 Å². The number of benzene rings is 2. The van der Waals surface area contributed by atoms with Crippen LogP contribution >= 0.6 is 23.2 Å². The van der Waals surface area contributed by atoms with Gasteiger partial charge in [0.15, 0.2) is 0 Å². The molecule has 1 unspecified atom stereocenters. The Labute approximate surface area is 140 Å². The Balaban J connectivity index is 2.20. The number of hydrogen-bond donors (Lipinski definition) is 0. The van der Waals surface area contributed by atoms with Gasteiger partial charge in [0, 0.05) is 10.0 Å². The van der Waals surface area contributed by atoms with Crippen LogP contribution in [0.15, 0.2) is 54.6 Å². The fraction of sp³-hybridized carbons (Fsp3) is 0.167. The van der Waals surface area contributed by atoms with Gasteiger partial charge < -0.3 is 4.74 Å². The molecule has 0 aliphatic carbocycles. The topological polar surface area (TPSA) is 26.3 Å². The Morgan fingerprint density at radius 3 is 2.36 bits per heavy atom. The second-order valence-corrected chi connectivity index (χ2v) is 5.57. The zero-order valence-corrected chi connectivity index (χ0v) is 13.6. The molecule has 4 heteroatoms. The summed E-state index contributed by atoms with van der Waals surface area (Å²) >= 11 is 12.3. The third-order valence-electron chi connectivity index (χ3n) is 3.34. The largest absolute Gasteiger partial charge is 0.469 e. The van der Waals surface area contributed by atoms with Crippen LogP contribution in [0.1, 0.15) is 23.5 Å². The molecule has 0 radical (unpaired) electrons. The Bertz CT molecular complexity index is 680. The molecule has 0 aromatic heterocycles. The third-order valence-corrected chi connectivity index (χ3v) is 4.03. The number of ether oxygens (including phenoxy) is 1. The maximum absolute atomic E-state index is 12.0. The minimum absolute atomic E-state index is 0.308. The van der Waals surface area contributed by atoms with Crippen LogP contribution in [0.4, 0.5) is 0 Å². The van der Waals surface area contributed by atoms with Crippen molar-refractivity contribution < 1.29 is 9.53 Å². The van der Waals surface area contributed by atoms with E-state index >= 15 is 0 Å². The molecule has 0 bridgehead atoms. The lowest BCUT2D eigenvalue weighted by Gasteiger charge is -2.14. The molecular formula is C18H16Cl2O2. The van der Waals surface area contributed by atoms with E-state index in [1.54, 1.807) is 6.07 Å². The van der Waals surface area contributed by atoms with Gasteiger partial charge in [-0.25, -0.2) is 0 Å². The summed E-state index contributed by atoms with van der Waals surface area (Å²) in [7, 11) is 1.38. The summed E-state index contributed by atoms with van der Waals surface area (Å²) in [5.74, 6) is -0.741. The van der Waals surface area contributed by atoms with Crippen LogP contribution in [-0.2, 0) is 9.53 Å². The van der Waals surface area contributed by atoms with Gasteiger partial charge in [0.05, 0.1) is 13.0 Å². The zero-order valence-electron chi connectivity index (χ0n) is 12.1. The first-order valence-electron chi connectivity index (χ1n) is 6.87. The molecule has 2 aromatic carbocycles. The van der Waals surface area contributed by atoms with E-state index in [0.717, 1.165) is 11.1 Å². The highest BCUT2D eigenvalue weighted by Crippen LogP contribution is 2.29. The van der Waals surface area contributed by atoms with Gasteiger partial charge in [-0.2, -0.15) is 0 Å². The van der Waals surface area contributed by atoms with Crippen LogP contribution in [0.2, 0.25) is 10.0 Å². The van der Waals surface area contributed by atoms with E-state index < -0.39 is 5.92 Å². The predicted molar refractivity (Wildman–Crippen MR) is 91.3 cm³/mol. The lowest BCUT2D eigenvalue weighted by Crippen LogP contribution is -2.14. The predicted octanol–water partition coefficient (Wildman–Crippen LogP) is 5.35. The molecule has 2 rings (SSSR count). The van der Waals surface area contributed by atoms with E-state index in [9.17, 15) is 4.79 Å². The fourth-order valence-electron chi connectivity index (χ4n) is 2.19. The van der Waals surface area contributed by atoms with Crippen LogP contribution in [0, 0.1) is 0 Å². The van der Waals surface area contributed by atoms with Crippen LogP contribution in [-0.4, -0.2) is 13.1 Å². The molecule has 0 N–H and O–H groups in total. The van der Waals surface area contributed by atoms with E-state index in [0.29, 0.717) is 16.5 Å². The van der Waals surface area contributed by atoms with Gasteiger partial charge in [0.2, 0.25) is 0 Å². The van der Waals surface area contributed by atoms with Crippen LogP contribution in [0.25, 0.3) is 6.08 Å². The van der Waals surface area contributed by atoms with E-state index in [-0.39, 0.29) is 5.97 Å². The summed E-state index contributed by atoms with van der Waals surface area (Å²) in [4.78, 5) is 12.0. The quantitative estimate of drug-likeness (QED) is 0.688. The molecule has 0 spiro atoms. The molecule has 0 fully saturated rings. The van der Waals surface area contributed by atoms with E-state index in [1.807, 2.05) is 54.6 Å². The fourth-order valence-corrected chi connectivity index (χ4v) is 2.66. The Hall–Kier alpha value is -1.77. The standard InChI is InChI=1S/C18H16Cl2O2/c1-22-18(21)15(14-9-3-5-12-17(14)20)10-6-8-13-7-2-4-11-16(13)19/h2-9,11-12,15H,10H2,1H3. The Morgan fingerprint density at radius 2 is 1.73 bits per heavy atom. The minimum atomic E-state index is -0.433. The van der Waals surface area contributed by atoms with Crippen molar-refractivity contribution in [1.82, 2.24) is 0 Å². The summed E-state index contributed by atoms with van der Waals surface area (Å²) in [6, 6.07) is 14.8. The molecule has 1 atom stereocenters. The second-order valence-electron chi connectivity index (χ2n) is 4.76. The first-order valence-corrected chi connectivity index (χ1v) is 7.62. The highest BCUT2D eigenvalue weighted by Gasteiger charge is 2.22. The number of carbonyl (C=O) groups is 1. The Kier molecular flexibility index (Phi) is 6.05. The molecule has 22 heavy (non-hydrogen) atoms. The van der Waals surface area contributed by atoms with Gasteiger partial charge >= 0.3 is 5.97 Å². The lowest BCUT2D eigenvalue weighted by atomic mass is 9.95. The molecule has 0 aliphatic rings. The monoisotopic (exact) mass is 334 g/mol. The SMILES string of the molecule is COC(=O)C(CC=Cc1ccccc1Cl)c1ccccc1Cl. The van der Waals surface area contributed by atoms with Crippen molar-refractivity contribution in [2.45, 2.75) is 12.3 Å². The van der Waals surface area contributed by atoms with E-state index in [4.69, 9.17) is 27.9 Å². The number of rotatable bonds is 5. The number of carbonyl (C=O) groups excluding carboxylic acids is 1. The average molecular weight is 335 g/mol. The summed E-state index contributed by atoms with van der Waals surface area (Å²) < 4.78 is 4.89. The number of hydrogen-bond acceptors (Lipinski definition) is 2. The molecule has 2 nitrogen and oxygen atoms in total. The molecule has 0 amide bonds. The van der Waals surface area contributed by atoms with Crippen molar-refractivity contribution in [2.75, 3.05) is 7.11 Å². The molecule has 0 aliphatic heterocycles. The van der Waals surface area contributed by atoms with Crippen LogP contribution in [0.3, 0.4) is 0 Å². The molecule has 2 aromatic rings. The highest BCUT2D eigenvalue weighted by atomic mass is 35.5. The summed E-state index contributed by atoms with van der Waals surface area (Å²) in [5.41, 5.74) is 1.67. The number of esters is 1. The minimum Gasteiger partial charge on any atom is -0.469 e. The molecule has 0 saturated carbocycles. The average Bonchev–Trinajstić information content (AvgIpc) is 2.53. The van der Waals surface area contributed by atoms with Crippen molar-refractivity contribution >= 4 is 35.2 Å². The maximum Gasteiger partial charge on any atom is 0.313 e. The molecule has 0 saturated heterocycles. The second kappa shape index (κ2) is 8.02. The first-order chi connectivity index (χ1) is 10.6. The van der Waals surface area contributed by atoms with E-state index in [2.05, 4.69) is 0 Å². The third kappa shape index (κ3) is 4.12. The van der Waals surface area contributed by atoms with E-state index in [1.165, 1.54) is 7.11 Å². The van der Waals surface area contributed by atoms with Crippen LogP contribution in [0.5, 0.6) is 0 Å². The molecular weight excluding hydrogens is 319 g/mol. The first kappa shape index (κ1) is 16.6.